The van der Waals surface area contributed by atoms with Crippen LogP contribution >= 0.6 is 0 Å². The van der Waals surface area contributed by atoms with Crippen molar-refractivity contribution in [2.45, 2.75) is 6.54 Å². The number of aromatic amines is 1. The monoisotopic (exact) mass is 432 g/mol. The van der Waals surface area contributed by atoms with Gasteiger partial charge in [-0.2, -0.15) is 4.98 Å². The number of nitrogens with one attached hydrogen (secondary N) is 1. The third kappa shape index (κ3) is 3.95. The summed E-state index contributed by atoms with van der Waals surface area (Å²) in [6.45, 7) is 3.01. The minimum Gasteiger partial charge on any atom is -0.351 e. The SMILES string of the molecule is O=C(c1cc2ccccc2[nH]1)N1CCN(Cc2nc(-c3cccc([N+](=O)[O-])c3)no2)CC1. The Labute approximate surface area is 182 Å². The summed E-state index contributed by atoms with van der Waals surface area (Å²) in [6.07, 6.45) is 0. The van der Waals surface area contributed by atoms with E-state index in [4.69, 9.17) is 4.52 Å². The number of non-ortho nitro benzene ring substituents is 1. The van der Waals surface area contributed by atoms with Crippen LogP contribution in [-0.2, 0) is 6.54 Å². The standard InChI is InChI=1S/C22H20N6O4/c29-22(19-13-15-4-1-2-7-18(15)23-19)27-10-8-26(9-11-27)14-20-24-21(25-32-20)16-5-3-6-17(12-16)28(30)31/h1-7,12-13,23H,8-11,14H2. The number of H-pyrrole nitrogens is 1. The zero-order valence-corrected chi connectivity index (χ0v) is 17.1. The molecular formula is C22H20N6O4. The Morgan fingerprint density at radius 1 is 1.09 bits per heavy atom. The van der Waals surface area contributed by atoms with Gasteiger partial charge in [0.15, 0.2) is 0 Å². The molecule has 3 heterocycles. The van der Waals surface area contributed by atoms with Gasteiger partial charge in [-0.3, -0.25) is 19.8 Å². The van der Waals surface area contributed by atoms with Crippen molar-refractivity contribution in [3.8, 4) is 11.4 Å². The smallest absolute Gasteiger partial charge is 0.270 e. The Hall–Kier alpha value is -4.05. The highest BCUT2D eigenvalue weighted by Gasteiger charge is 2.24. The molecule has 0 saturated carbocycles. The number of hydrogen-bond acceptors (Lipinski definition) is 7. The summed E-state index contributed by atoms with van der Waals surface area (Å²) in [5.41, 5.74) is 2.05. The van der Waals surface area contributed by atoms with Crippen LogP contribution in [0.2, 0.25) is 0 Å². The number of aromatic nitrogens is 3. The molecule has 10 heteroatoms. The average molecular weight is 432 g/mol. The van der Waals surface area contributed by atoms with Gasteiger partial charge in [-0.05, 0) is 12.1 Å². The van der Waals surface area contributed by atoms with Crippen molar-refractivity contribution < 1.29 is 14.2 Å². The van der Waals surface area contributed by atoms with E-state index in [1.807, 2.05) is 35.2 Å². The minimum absolute atomic E-state index is 0.00778. The van der Waals surface area contributed by atoms with Crippen LogP contribution < -0.4 is 0 Å². The molecule has 2 aromatic carbocycles. The molecule has 0 spiro atoms. The molecule has 0 radical (unpaired) electrons. The van der Waals surface area contributed by atoms with Gasteiger partial charge in [0.2, 0.25) is 11.7 Å². The number of carbonyl (C=O) groups excluding carboxylic acids is 1. The molecule has 1 aliphatic heterocycles. The van der Waals surface area contributed by atoms with Crippen molar-refractivity contribution in [3.63, 3.8) is 0 Å². The van der Waals surface area contributed by atoms with Gasteiger partial charge in [0.05, 0.1) is 11.5 Å². The number of para-hydroxylation sites is 1. The highest BCUT2D eigenvalue weighted by molar-refractivity contribution is 5.98. The first-order valence-corrected chi connectivity index (χ1v) is 10.2. The third-order valence-corrected chi connectivity index (χ3v) is 5.56. The number of fused-ring (bicyclic) bond motifs is 1. The number of nitro benzene ring substituents is 1. The molecule has 1 N–H and O–H groups in total. The Morgan fingerprint density at radius 2 is 1.91 bits per heavy atom. The molecule has 32 heavy (non-hydrogen) atoms. The summed E-state index contributed by atoms with van der Waals surface area (Å²) in [5.74, 6) is 0.741. The number of hydrogen-bond donors (Lipinski definition) is 1. The van der Waals surface area contributed by atoms with Crippen molar-refractivity contribution in [1.29, 1.82) is 0 Å². The van der Waals surface area contributed by atoms with E-state index in [2.05, 4.69) is 20.0 Å². The molecule has 1 amide bonds. The normalized spacial score (nSPS) is 14.7. The quantitative estimate of drug-likeness (QED) is 0.380. The van der Waals surface area contributed by atoms with Crippen LogP contribution in [0, 0.1) is 10.1 Å². The lowest BCUT2D eigenvalue weighted by Gasteiger charge is -2.33. The molecular weight excluding hydrogens is 412 g/mol. The fraction of sp³-hybridized carbons (Fsp3) is 0.227. The topological polar surface area (TPSA) is 121 Å². The summed E-state index contributed by atoms with van der Waals surface area (Å²) < 4.78 is 5.34. The predicted octanol–water partition coefficient (Wildman–Crippen LogP) is 3.08. The number of amides is 1. The Balaban J connectivity index is 1.20. The first kappa shape index (κ1) is 19.9. The summed E-state index contributed by atoms with van der Waals surface area (Å²) in [4.78, 5) is 34.9. The zero-order valence-electron chi connectivity index (χ0n) is 17.1. The van der Waals surface area contributed by atoms with Crippen LogP contribution in [0.15, 0.2) is 59.1 Å². The predicted molar refractivity (Wildman–Crippen MR) is 116 cm³/mol. The first-order chi connectivity index (χ1) is 15.6. The Bertz CT molecular complexity index is 1260. The van der Waals surface area contributed by atoms with Gasteiger partial charge in [0, 0.05) is 54.8 Å². The van der Waals surface area contributed by atoms with Crippen LogP contribution in [0.4, 0.5) is 5.69 Å². The number of benzene rings is 2. The van der Waals surface area contributed by atoms with E-state index in [-0.39, 0.29) is 11.6 Å². The number of nitrogens with zero attached hydrogens (tertiary/aromatic N) is 5. The fourth-order valence-corrected chi connectivity index (χ4v) is 3.85. The molecule has 0 aliphatic carbocycles. The first-order valence-electron chi connectivity index (χ1n) is 10.2. The zero-order chi connectivity index (χ0) is 22.1. The molecule has 1 aliphatic rings. The molecule has 10 nitrogen and oxygen atoms in total. The lowest BCUT2D eigenvalue weighted by Crippen LogP contribution is -2.48. The van der Waals surface area contributed by atoms with E-state index in [9.17, 15) is 14.9 Å². The molecule has 1 saturated heterocycles. The molecule has 2 aromatic heterocycles. The van der Waals surface area contributed by atoms with Gasteiger partial charge in [0.25, 0.3) is 11.6 Å². The maximum absolute atomic E-state index is 12.9. The second-order valence-electron chi connectivity index (χ2n) is 7.66. The van der Waals surface area contributed by atoms with Crippen molar-refractivity contribution >= 4 is 22.5 Å². The van der Waals surface area contributed by atoms with Crippen molar-refractivity contribution in [3.05, 3.63) is 76.3 Å². The molecule has 4 aromatic rings. The summed E-state index contributed by atoms with van der Waals surface area (Å²) in [6, 6.07) is 15.8. The van der Waals surface area contributed by atoms with Gasteiger partial charge < -0.3 is 14.4 Å². The van der Waals surface area contributed by atoms with Crippen molar-refractivity contribution in [1.82, 2.24) is 24.9 Å². The van der Waals surface area contributed by atoms with Gasteiger partial charge in [-0.25, -0.2) is 0 Å². The fourth-order valence-electron chi connectivity index (χ4n) is 3.85. The summed E-state index contributed by atoms with van der Waals surface area (Å²) in [7, 11) is 0. The molecule has 162 valence electrons. The second-order valence-corrected chi connectivity index (χ2v) is 7.66. The van der Waals surface area contributed by atoms with Gasteiger partial charge in [-0.1, -0.05) is 35.5 Å². The molecule has 1 fully saturated rings. The number of carbonyl (C=O) groups is 1. The van der Waals surface area contributed by atoms with Gasteiger partial charge >= 0.3 is 0 Å². The van der Waals surface area contributed by atoms with E-state index in [0.717, 1.165) is 10.9 Å². The third-order valence-electron chi connectivity index (χ3n) is 5.56. The minimum atomic E-state index is -0.457. The lowest BCUT2D eigenvalue weighted by atomic mass is 10.2. The van der Waals surface area contributed by atoms with Gasteiger partial charge in [0.1, 0.15) is 5.69 Å². The Morgan fingerprint density at radius 3 is 2.69 bits per heavy atom. The number of piperazine rings is 1. The van der Waals surface area contributed by atoms with Crippen LogP contribution in [0.5, 0.6) is 0 Å². The van der Waals surface area contributed by atoms with Crippen molar-refractivity contribution in [2.24, 2.45) is 0 Å². The highest BCUT2D eigenvalue weighted by Crippen LogP contribution is 2.22. The second kappa shape index (κ2) is 8.23. The van der Waals surface area contributed by atoms with Crippen LogP contribution in [0.25, 0.3) is 22.3 Å². The number of nitro groups is 1. The van der Waals surface area contributed by atoms with Crippen LogP contribution in [-0.4, -0.2) is 61.9 Å². The molecule has 5 rings (SSSR count). The van der Waals surface area contributed by atoms with Crippen LogP contribution in [0.3, 0.4) is 0 Å². The Kier molecular flexibility index (Phi) is 5.12. The highest BCUT2D eigenvalue weighted by atomic mass is 16.6. The average Bonchev–Trinajstić information content (AvgIpc) is 3.46. The molecule has 0 unspecified atom stereocenters. The van der Waals surface area contributed by atoms with E-state index in [0.29, 0.717) is 55.7 Å². The summed E-state index contributed by atoms with van der Waals surface area (Å²) in [5, 5.41) is 15.9. The van der Waals surface area contributed by atoms with E-state index >= 15 is 0 Å². The van der Waals surface area contributed by atoms with E-state index < -0.39 is 4.92 Å². The summed E-state index contributed by atoms with van der Waals surface area (Å²) >= 11 is 0. The lowest BCUT2D eigenvalue weighted by molar-refractivity contribution is -0.384. The van der Waals surface area contributed by atoms with Crippen molar-refractivity contribution in [2.75, 3.05) is 26.2 Å². The molecule has 0 bridgehead atoms. The number of rotatable bonds is 5. The van der Waals surface area contributed by atoms with E-state index in [1.54, 1.807) is 12.1 Å². The van der Waals surface area contributed by atoms with E-state index in [1.165, 1.54) is 12.1 Å². The maximum atomic E-state index is 12.9. The van der Waals surface area contributed by atoms with Gasteiger partial charge in [-0.15, -0.1) is 0 Å². The maximum Gasteiger partial charge on any atom is 0.270 e. The largest absolute Gasteiger partial charge is 0.351 e. The van der Waals surface area contributed by atoms with Crippen LogP contribution in [0.1, 0.15) is 16.4 Å². The molecule has 0 atom stereocenters.